The van der Waals surface area contributed by atoms with Gasteiger partial charge in [-0.05, 0) is 19.8 Å². The number of aliphatic hydroxyl groups is 1. The minimum absolute atomic E-state index is 0.165. The maximum atomic E-state index is 11.1. The predicted octanol–water partition coefficient (Wildman–Crippen LogP) is -0.718. The van der Waals surface area contributed by atoms with Crippen molar-refractivity contribution in [3.05, 3.63) is 0 Å². The van der Waals surface area contributed by atoms with Crippen LogP contribution < -0.4 is 10.6 Å². The Bertz CT molecular complexity index is 237. The van der Waals surface area contributed by atoms with Crippen LogP contribution in [0.4, 0.5) is 4.79 Å². The molecule has 6 heteroatoms. The van der Waals surface area contributed by atoms with E-state index in [1.807, 2.05) is 0 Å². The Balaban J connectivity index is 2.37. The number of hydrogen-bond acceptors (Lipinski definition) is 3. The summed E-state index contributed by atoms with van der Waals surface area (Å²) < 4.78 is 0. The van der Waals surface area contributed by atoms with Crippen LogP contribution in [-0.4, -0.2) is 40.4 Å². The van der Waals surface area contributed by atoms with Crippen molar-refractivity contribution in [1.82, 2.24) is 10.6 Å². The maximum Gasteiger partial charge on any atom is 0.328 e. The molecule has 14 heavy (non-hydrogen) atoms. The van der Waals surface area contributed by atoms with Crippen LogP contribution in [0, 0.1) is 0 Å². The number of rotatable bonds is 4. The molecule has 1 rings (SSSR count). The van der Waals surface area contributed by atoms with Gasteiger partial charge in [0.15, 0.2) is 6.04 Å². The van der Waals surface area contributed by atoms with Gasteiger partial charge >= 0.3 is 12.0 Å². The van der Waals surface area contributed by atoms with Crippen molar-refractivity contribution in [2.75, 3.05) is 0 Å². The highest BCUT2D eigenvalue weighted by atomic mass is 16.4. The molecule has 2 amide bonds. The monoisotopic (exact) mass is 202 g/mol. The Morgan fingerprint density at radius 3 is 2.36 bits per heavy atom. The van der Waals surface area contributed by atoms with E-state index in [0.29, 0.717) is 0 Å². The largest absolute Gasteiger partial charge is 0.480 e. The predicted molar refractivity (Wildman–Crippen MR) is 47.8 cm³/mol. The molecule has 4 N–H and O–H groups in total. The highest BCUT2D eigenvalue weighted by Crippen LogP contribution is 2.18. The summed E-state index contributed by atoms with van der Waals surface area (Å²) in [4.78, 5) is 21.7. The second-order valence-corrected chi connectivity index (χ2v) is 3.45. The number of carboxylic acid groups (broad SMARTS) is 1. The molecule has 0 radical (unpaired) electrons. The van der Waals surface area contributed by atoms with Crippen LogP contribution in [0.15, 0.2) is 0 Å². The average molecular weight is 202 g/mol. The molecule has 1 fully saturated rings. The Hall–Kier alpha value is -1.30. The Morgan fingerprint density at radius 1 is 1.43 bits per heavy atom. The van der Waals surface area contributed by atoms with E-state index in [1.165, 1.54) is 6.92 Å². The smallest absolute Gasteiger partial charge is 0.328 e. The maximum absolute atomic E-state index is 11.1. The molecule has 0 aromatic carbocycles. The van der Waals surface area contributed by atoms with E-state index in [4.69, 9.17) is 10.2 Å². The van der Waals surface area contributed by atoms with Crippen LogP contribution in [0.5, 0.6) is 0 Å². The first-order valence-corrected chi connectivity index (χ1v) is 4.48. The van der Waals surface area contributed by atoms with Crippen LogP contribution in [0.1, 0.15) is 19.8 Å². The molecule has 1 aliphatic rings. The van der Waals surface area contributed by atoms with Gasteiger partial charge in [-0.1, -0.05) is 0 Å². The van der Waals surface area contributed by atoms with Crippen LogP contribution in [0.2, 0.25) is 0 Å². The number of aliphatic carboxylic acids is 1. The van der Waals surface area contributed by atoms with E-state index < -0.39 is 24.1 Å². The minimum Gasteiger partial charge on any atom is -0.480 e. The van der Waals surface area contributed by atoms with Crippen molar-refractivity contribution in [3.63, 3.8) is 0 Å². The summed E-state index contributed by atoms with van der Waals surface area (Å²) in [6, 6.07) is -1.63. The number of amides is 2. The number of carbonyl (C=O) groups excluding carboxylic acids is 1. The van der Waals surface area contributed by atoms with Crippen molar-refractivity contribution in [2.24, 2.45) is 0 Å². The van der Waals surface area contributed by atoms with Crippen molar-refractivity contribution in [3.8, 4) is 0 Å². The van der Waals surface area contributed by atoms with E-state index >= 15 is 0 Å². The molecule has 2 unspecified atom stereocenters. The summed E-state index contributed by atoms with van der Waals surface area (Å²) in [6.45, 7) is 1.32. The Morgan fingerprint density at radius 2 is 2.00 bits per heavy atom. The van der Waals surface area contributed by atoms with E-state index in [-0.39, 0.29) is 6.04 Å². The number of hydrogen-bond donors (Lipinski definition) is 4. The van der Waals surface area contributed by atoms with Gasteiger partial charge in [0.1, 0.15) is 0 Å². The van der Waals surface area contributed by atoms with Gasteiger partial charge < -0.3 is 20.8 Å². The zero-order chi connectivity index (χ0) is 10.7. The molecule has 0 bridgehead atoms. The standard InChI is InChI=1S/C8H14N2O4/c1-4(11)6(7(12)13)10-8(14)9-5-2-3-5/h4-6,11H,2-3H2,1H3,(H,12,13)(H2,9,10,14). The van der Waals surface area contributed by atoms with Gasteiger partial charge in [0.05, 0.1) is 6.10 Å². The van der Waals surface area contributed by atoms with Crippen LogP contribution in [-0.2, 0) is 4.79 Å². The van der Waals surface area contributed by atoms with Crippen molar-refractivity contribution < 1.29 is 19.8 Å². The fourth-order valence-corrected chi connectivity index (χ4v) is 0.985. The fourth-order valence-electron chi connectivity index (χ4n) is 0.985. The quantitative estimate of drug-likeness (QED) is 0.483. The van der Waals surface area contributed by atoms with E-state index in [0.717, 1.165) is 12.8 Å². The van der Waals surface area contributed by atoms with Gasteiger partial charge in [-0.2, -0.15) is 0 Å². The molecule has 2 atom stereocenters. The van der Waals surface area contributed by atoms with E-state index in [9.17, 15) is 9.59 Å². The zero-order valence-corrected chi connectivity index (χ0v) is 7.86. The van der Waals surface area contributed by atoms with Gasteiger partial charge in [-0.15, -0.1) is 0 Å². The Labute approximate surface area is 81.3 Å². The first-order valence-electron chi connectivity index (χ1n) is 4.48. The summed E-state index contributed by atoms with van der Waals surface area (Å²) in [5.41, 5.74) is 0. The molecule has 6 nitrogen and oxygen atoms in total. The molecule has 0 aromatic rings. The number of carbonyl (C=O) groups is 2. The second-order valence-electron chi connectivity index (χ2n) is 3.45. The third kappa shape index (κ3) is 3.21. The first kappa shape index (κ1) is 10.8. The lowest BCUT2D eigenvalue weighted by Crippen LogP contribution is -2.51. The summed E-state index contributed by atoms with van der Waals surface area (Å²) >= 11 is 0. The fraction of sp³-hybridized carbons (Fsp3) is 0.750. The average Bonchev–Trinajstić information content (AvgIpc) is 2.82. The Kier molecular flexibility index (Phi) is 3.29. The van der Waals surface area contributed by atoms with Gasteiger partial charge in [0.2, 0.25) is 0 Å². The summed E-state index contributed by atoms with van der Waals surface area (Å²) in [6.07, 6.45) is 0.747. The number of nitrogens with one attached hydrogen (secondary N) is 2. The number of urea groups is 1. The third-order valence-corrected chi connectivity index (χ3v) is 1.95. The van der Waals surface area contributed by atoms with Crippen molar-refractivity contribution in [1.29, 1.82) is 0 Å². The van der Waals surface area contributed by atoms with Crippen LogP contribution >= 0.6 is 0 Å². The lowest BCUT2D eigenvalue weighted by molar-refractivity contribution is -0.141. The van der Waals surface area contributed by atoms with E-state index in [1.54, 1.807) is 0 Å². The normalized spacial score (nSPS) is 19.6. The number of carboxylic acids is 1. The molecule has 1 saturated carbocycles. The SMILES string of the molecule is CC(O)C(NC(=O)NC1CC1)C(=O)O. The van der Waals surface area contributed by atoms with Crippen molar-refractivity contribution >= 4 is 12.0 Å². The van der Waals surface area contributed by atoms with Crippen molar-refractivity contribution in [2.45, 2.75) is 38.0 Å². The minimum atomic E-state index is -1.26. The number of aliphatic hydroxyl groups excluding tert-OH is 1. The molecular formula is C8H14N2O4. The first-order chi connectivity index (χ1) is 6.50. The molecule has 0 saturated heterocycles. The van der Waals surface area contributed by atoms with Gasteiger partial charge in [-0.3, -0.25) is 0 Å². The molecule has 0 aliphatic heterocycles. The summed E-state index contributed by atoms with van der Waals surface area (Å²) in [7, 11) is 0. The van der Waals surface area contributed by atoms with Crippen LogP contribution in [0.25, 0.3) is 0 Å². The molecule has 0 aromatic heterocycles. The zero-order valence-electron chi connectivity index (χ0n) is 7.86. The molecule has 0 spiro atoms. The topological polar surface area (TPSA) is 98.7 Å². The summed E-state index contributed by atoms with van der Waals surface area (Å²) in [5.74, 6) is -1.24. The highest BCUT2D eigenvalue weighted by Gasteiger charge is 2.28. The van der Waals surface area contributed by atoms with Gasteiger partial charge in [-0.25, -0.2) is 9.59 Å². The second kappa shape index (κ2) is 4.28. The third-order valence-electron chi connectivity index (χ3n) is 1.95. The molecule has 1 aliphatic carbocycles. The molecular weight excluding hydrogens is 188 g/mol. The lowest BCUT2D eigenvalue weighted by atomic mass is 10.2. The summed E-state index contributed by atoms with van der Waals surface area (Å²) in [5, 5.41) is 22.5. The highest BCUT2D eigenvalue weighted by molar-refractivity contribution is 5.83. The van der Waals surface area contributed by atoms with Crippen LogP contribution in [0.3, 0.4) is 0 Å². The van der Waals surface area contributed by atoms with Gasteiger partial charge in [0.25, 0.3) is 0 Å². The van der Waals surface area contributed by atoms with E-state index in [2.05, 4.69) is 10.6 Å². The molecule has 0 heterocycles. The molecule has 80 valence electrons. The lowest BCUT2D eigenvalue weighted by Gasteiger charge is -2.17. The van der Waals surface area contributed by atoms with Gasteiger partial charge in [0, 0.05) is 6.04 Å².